The van der Waals surface area contributed by atoms with E-state index in [1.54, 1.807) is 0 Å². The zero-order chi connectivity index (χ0) is 10.5. The fraction of sp³-hybridized carbons (Fsp3) is 0.667. The van der Waals surface area contributed by atoms with Gasteiger partial charge in [-0.05, 0) is 44.3 Å². The fourth-order valence-corrected chi connectivity index (χ4v) is 2.84. The predicted molar refractivity (Wildman–Crippen MR) is 66.4 cm³/mol. The third kappa shape index (κ3) is 3.30. The van der Waals surface area contributed by atoms with E-state index < -0.39 is 0 Å². The molecule has 15 heavy (non-hydrogen) atoms. The van der Waals surface area contributed by atoms with Crippen LogP contribution in [0.2, 0.25) is 0 Å². The highest BCUT2D eigenvalue weighted by Crippen LogP contribution is 2.17. The summed E-state index contributed by atoms with van der Waals surface area (Å²) in [7, 11) is 0. The molecule has 1 saturated heterocycles. The molecule has 2 rings (SSSR count). The van der Waals surface area contributed by atoms with Crippen LogP contribution in [-0.4, -0.2) is 31.1 Å². The van der Waals surface area contributed by atoms with Gasteiger partial charge in [-0.25, -0.2) is 0 Å². The SMILES string of the molecule is C[C@@H](NCCN1CCCC1)c1cccs1. The summed E-state index contributed by atoms with van der Waals surface area (Å²) in [5.41, 5.74) is 0. The zero-order valence-corrected chi connectivity index (χ0v) is 10.2. The second kappa shape index (κ2) is 5.64. The van der Waals surface area contributed by atoms with Gasteiger partial charge in [0.25, 0.3) is 0 Å². The number of hydrogen-bond acceptors (Lipinski definition) is 3. The Morgan fingerprint density at radius 1 is 1.47 bits per heavy atom. The molecule has 0 unspecified atom stereocenters. The maximum Gasteiger partial charge on any atom is 0.0386 e. The molecule has 0 amide bonds. The summed E-state index contributed by atoms with van der Waals surface area (Å²) < 4.78 is 0. The maximum absolute atomic E-state index is 3.58. The third-order valence-corrected chi connectivity index (χ3v) is 4.10. The lowest BCUT2D eigenvalue weighted by atomic mass is 10.3. The number of thiophene rings is 1. The molecule has 0 aromatic carbocycles. The van der Waals surface area contributed by atoms with Crippen LogP contribution in [0.25, 0.3) is 0 Å². The molecule has 1 aromatic heterocycles. The number of likely N-dealkylation sites (tertiary alicyclic amines) is 1. The van der Waals surface area contributed by atoms with Crippen molar-refractivity contribution in [2.24, 2.45) is 0 Å². The van der Waals surface area contributed by atoms with Crippen LogP contribution < -0.4 is 5.32 Å². The number of rotatable bonds is 5. The Kier molecular flexibility index (Phi) is 4.18. The molecular weight excluding hydrogens is 204 g/mol. The first kappa shape index (κ1) is 11.1. The Morgan fingerprint density at radius 2 is 2.27 bits per heavy atom. The Balaban J connectivity index is 1.65. The monoisotopic (exact) mass is 224 g/mol. The van der Waals surface area contributed by atoms with Gasteiger partial charge in [0.15, 0.2) is 0 Å². The highest BCUT2D eigenvalue weighted by Gasteiger charge is 2.11. The molecule has 1 aromatic rings. The van der Waals surface area contributed by atoms with Gasteiger partial charge in [-0.15, -0.1) is 11.3 Å². The van der Waals surface area contributed by atoms with Gasteiger partial charge in [-0.1, -0.05) is 6.07 Å². The molecule has 1 aliphatic rings. The van der Waals surface area contributed by atoms with Crippen LogP contribution in [0.4, 0.5) is 0 Å². The normalized spacial score (nSPS) is 19.5. The molecule has 0 saturated carbocycles. The number of nitrogens with one attached hydrogen (secondary N) is 1. The summed E-state index contributed by atoms with van der Waals surface area (Å²) in [4.78, 5) is 3.99. The molecule has 0 aliphatic carbocycles. The van der Waals surface area contributed by atoms with Crippen LogP contribution in [0, 0.1) is 0 Å². The lowest BCUT2D eigenvalue weighted by Crippen LogP contribution is -2.31. The Hall–Kier alpha value is -0.380. The largest absolute Gasteiger partial charge is 0.308 e. The fourth-order valence-electron chi connectivity index (χ4n) is 2.08. The van der Waals surface area contributed by atoms with Crippen molar-refractivity contribution in [3.63, 3.8) is 0 Å². The van der Waals surface area contributed by atoms with Crippen molar-refractivity contribution >= 4 is 11.3 Å². The molecule has 1 atom stereocenters. The van der Waals surface area contributed by atoms with Gasteiger partial charge in [0.2, 0.25) is 0 Å². The van der Waals surface area contributed by atoms with Gasteiger partial charge in [0.05, 0.1) is 0 Å². The van der Waals surface area contributed by atoms with Crippen molar-refractivity contribution < 1.29 is 0 Å². The minimum absolute atomic E-state index is 0.507. The minimum Gasteiger partial charge on any atom is -0.308 e. The Bertz CT molecular complexity index is 265. The van der Waals surface area contributed by atoms with Gasteiger partial charge in [-0.2, -0.15) is 0 Å². The molecule has 1 fully saturated rings. The first-order valence-corrected chi connectivity index (χ1v) is 6.73. The minimum atomic E-state index is 0.507. The van der Waals surface area contributed by atoms with Gasteiger partial charge >= 0.3 is 0 Å². The highest BCUT2D eigenvalue weighted by atomic mass is 32.1. The number of nitrogens with zero attached hydrogens (tertiary/aromatic N) is 1. The third-order valence-electron chi connectivity index (χ3n) is 3.05. The van der Waals surface area contributed by atoms with E-state index in [1.807, 2.05) is 11.3 Å². The van der Waals surface area contributed by atoms with Crippen LogP contribution in [-0.2, 0) is 0 Å². The summed E-state index contributed by atoms with van der Waals surface area (Å²) >= 11 is 1.84. The standard InChI is InChI=1S/C12H20N2S/c1-11(12-5-4-10-15-12)13-6-9-14-7-2-3-8-14/h4-5,10-11,13H,2-3,6-9H2,1H3/t11-/m1/s1. The van der Waals surface area contributed by atoms with Gasteiger partial charge in [-0.3, -0.25) is 0 Å². The zero-order valence-electron chi connectivity index (χ0n) is 9.41. The van der Waals surface area contributed by atoms with Gasteiger partial charge in [0.1, 0.15) is 0 Å². The average Bonchev–Trinajstić information content (AvgIpc) is 2.90. The molecular formula is C12H20N2S. The van der Waals surface area contributed by atoms with E-state index in [4.69, 9.17) is 0 Å². The van der Waals surface area contributed by atoms with Crippen LogP contribution in [0.3, 0.4) is 0 Å². The molecule has 2 nitrogen and oxygen atoms in total. The summed E-state index contributed by atoms with van der Waals surface area (Å²) in [6.07, 6.45) is 2.78. The van der Waals surface area contributed by atoms with E-state index >= 15 is 0 Å². The van der Waals surface area contributed by atoms with Crippen molar-refractivity contribution in [1.29, 1.82) is 0 Å². The molecule has 1 aliphatic heterocycles. The predicted octanol–water partition coefficient (Wildman–Crippen LogP) is 2.49. The molecule has 0 spiro atoms. The average molecular weight is 224 g/mol. The van der Waals surface area contributed by atoms with E-state index in [9.17, 15) is 0 Å². The Labute approximate surface area is 96.3 Å². The smallest absolute Gasteiger partial charge is 0.0386 e. The van der Waals surface area contributed by atoms with Crippen molar-refractivity contribution in [2.75, 3.05) is 26.2 Å². The summed E-state index contributed by atoms with van der Waals surface area (Å²) in [6, 6.07) is 4.84. The molecule has 3 heteroatoms. The maximum atomic E-state index is 3.58. The van der Waals surface area contributed by atoms with Crippen molar-refractivity contribution in [2.45, 2.75) is 25.8 Å². The topological polar surface area (TPSA) is 15.3 Å². The molecule has 2 heterocycles. The number of hydrogen-bond donors (Lipinski definition) is 1. The lowest BCUT2D eigenvalue weighted by molar-refractivity contribution is 0.330. The van der Waals surface area contributed by atoms with E-state index in [-0.39, 0.29) is 0 Å². The van der Waals surface area contributed by atoms with E-state index in [2.05, 4.69) is 34.7 Å². The highest BCUT2D eigenvalue weighted by molar-refractivity contribution is 7.10. The van der Waals surface area contributed by atoms with E-state index in [1.165, 1.54) is 37.4 Å². The van der Waals surface area contributed by atoms with Crippen LogP contribution in [0.5, 0.6) is 0 Å². The van der Waals surface area contributed by atoms with Gasteiger partial charge in [0, 0.05) is 24.0 Å². The van der Waals surface area contributed by atoms with Crippen LogP contribution in [0.1, 0.15) is 30.7 Å². The molecule has 84 valence electrons. The summed E-state index contributed by atoms with van der Waals surface area (Å²) in [5.74, 6) is 0. The summed E-state index contributed by atoms with van der Waals surface area (Å²) in [5, 5.41) is 5.73. The first-order valence-electron chi connectivity index (χ1n) is 5.85. The van der Waals surface area contributed by atoms with E-state index in [0.29, 0.717) is 6.04 Å². The van der Waals surface area contributed by atoms with Gasteiger partial charge < -0.3 is 10.2 Å². The Morgan fingerprint density at radius 3 is 2.93 bits per heavy atom. The van der Waals surface area contributed by atoms with Crippen LogP contribution >= 0.6 is 11.3 Å². The molecule has 1 N–H and O–H groups in total. The molecule has 0 bridgehead atoms. The quantitative estimate of drug-likeness (QED) is 0.826. The van der Waals surface area contributed by atoms with Crippen LogP contribution in [0.15, 0.2) is 17.5 Å². The van der Waals surface area contributed by atoms with Crippen molar-refractivity contribution in [1.82, 2.24) is 10.2 Å². The van der Waals surface area contributed by atoms with Crippen molar-refractivity contribution in [3.8, 4) is 0 Å². The second-order valence-corrected chi connectivity index (χ2v) is 5.22. The lowest BCUT2D eigenvalue weighted by Gasteiger charge is -2.17. The second-order valence-electron chi connectivity index (χ2n) is 4.24. The molecule has 0 radical (unpaired) electrons. The van der Waals surface area contributed by atoms with Crippen molar-refractivity contribution in [3.05, 3.63) is 22.4 Å². The van der Waals surface area contributed by atoms with E-state index in [0.717, 1.165) is 6.54 Å². The first-order chi connectivity index (χ1) is 7.36. The summed E-state index contributed by atoms with van der Waals surface area (Å²) in [6.45, 7) is 7.16.